The Morgan fingerprint density at radius 2 is 2.21 bits per heavy atom. The Kier molecular flexibility index (Phi) is 3.67. The van der Waals surface area contributed by atoms with E-state index in [0.29, 0.717) is 13.1 Å². The first kappa shape index (κ1) is 15.1. The van der Waals surface area contributed by atoms with Gasteiger partial charge in [-0.2, -0.15) is 0 Å². The number of urea groups is 1. The summed E-state index contributed by atoms with van der Waals surface area (Å²) >= 11 is 0. The fraction of sp³-hybridized carbons (Fsp3) is 0.444. The molecule has 0 aromatic carbocycles. The van der Waals surface area contributed by atoms with E-state index in [0.717, 1.165) is 37.1 Å². The van der Waals surface area contributed by atoms with E-state index >= 15 is 0 Å². The number of carbonyl (C=O) groups excluding carboxylic acids is 1. The van der Waals surface area contributed by atoms with Crippen molar-refractivity contribution >= 4 is 6.03 Å². The third kappa shape index (κ3) is 2.42. The zero-order chi connectivity index (χ0) is 16.7. The van der Waals surface area contributed by atoms with Crippen molar-refractivity contribution in [2.75, 3.05) is 13.6 Å². The summed E-state index contributed by atoms with van der Waals surface area (Å²) in [6.07, 6.45) is 12.5. The zero-order valence-corrected chi connectivity index (χ0v) is 14.2. The number of aromatic amines is 1. The summed E-state index contributed by atoms with van der Waals surface area (Å²) in [7, 11) is 1.84. The SMILES string of the molecule is Cc1[nH]cnc1CN(C)C(=O)N1CC2=CCCC3=C2N1C=CCC3. The molecular formula is C18H23N5O. The fourth-order valence-electron chi connectivity index (χ4n) is 3.70. The van der Waals surface area contributed by atoms with Crippen LogP contribution in [0.25, 0.3) is 0 Å². The van der Waals surface area contributed by atoms with Gasteiger partial charge in [-0.15, -0.1) is 0 Å². The number of hydrogen-bond acceptors (Lipinski definition) is 3. The molecule has 4 rings (SSSR count). The molecule has 0 spiro atoms. The van der Waals surface area contributed by atoms with Crippen molar-refractivity contribution in [3.8, 4) is 0 Å². The van der Waals surface area contributed by atoms with Crippen molar-refractivity contribution in [3.63, 3.8) is 0 Å². The van der Waals surface area contributed by atoms with E-state index in [4.69, 9.17) is 0 Å². The van der Waals surface area contributed by atoms with Gasteiger partial charge in [0, 0.05) is 18.9 Å². The smallest absolute Gasteiger partial charge is 0.339 e. The molecule has 2 amide bonds. The minimum Gasteiger partial charge on any atom is -0.348 e. The quantitative estimate of drug-likeness (QED) is 0.909. The summed E-state index contributed by atoms with van der Waals surface area (Å²) in [5, 5.41) is 3.90. The maximum atomic E-state index is 13.0. The number of allylic oxidation sites excluding steroid dienone is 3. The largest absolute Gasteiger partial charge is 0.348 e. The van der Waals surface area contributed by atoms with Crippen LogP contribution >= 0.6 is 0 Å². The second kappa shape index (κ2) is 5.85. The molecule has 0 radical (unpaired) electrons. The highest BCUT2D eigenvalue weighted by Gasteiger charge is 2.37. The number of aromatic nitrogens is 2. The fourth-order valence-corrected chi connectivity index (χ4v) is 3.70. The number of imidazole rings is 1. The van der Waals surface area contributed by atoms with Crippen LogP contribution in [0.4, 0.5) is 4.79 Å². The Morgan fingerprint density at radius 3 is 3.00 bits per heavy atom. The molecule has 1 saturated heterocycles. The molecule has 2 aliphatic heterocycles. The number of hydrogen-bond donors (Lipinski definition) is 1. The number of hydrazine groups is 1. The van der Waals surface area contributed by atoms with E-state index in [-0.39, 0.29) is 6.03 Å². The summed E-state index contributed by atoms with van der Waals surface area (Å²) in [5.74, 6) is 0. The predicted octanol–water partition coefficient (Wildman–Crippen LogP) is 3.08. The van der Waals surface area contributed by atoms with E-state index in [2.05, 4.69) is 33.3 Å². The Labute approximate surface area is 142 Å². The van der Waals surface area contributed by atoms with E-state index in [1.165, 1.54) is 16.8 Å². The van der Waals surface area contributed by atoms with Crippen molar-refractivity contribution < 1.29 is 4.79 Å². The van der Waals surface area contributed by atoms with Crippen LogP contribution in [0.5, 0.6) is 0 Å². The van der Waals surface area contributed by atoms with Gasteiger partial charge in [0.2, 0.25) is 0 Å². The van der Waals surface area contributed by atoms with Gasteiger partial charge in [0.1, 0.15) is 0 Å². The molecule has 3 aliphatic rings. The summed E-state index contributed by atoms with van der Waals surface area (Å²) in [5.41, 5.74) is 5.95. The van der Waals surface area contributed by atoms with Gasteiger partial charge in [-0.1, -0.05) is 12.2 Å². The third-order valence-corrected chi connectivity index (χ3v) is 5.01. The van der Waals surface area contributed by atoms with Crippen LogP contribution in [0.3, 0.4) is 0 Å². The molecular weight excluding hydrogens is 302 g/mol. The van der Waals surface area contributed by atoms with Crippen LogP contribution in [0.15, 0.2) is 41.5 Å². The van der Waals surface area contributed by atoms with E-state index < -0.39 is 0 Å². The van der Waals surface area contributed by atoms with Crippen LogP contribution < -0.4 is 0 Å². The first-order chi connectivity index (χ1) is 11.6. The molecule has 6 heteroatoms. The molecule has 0 unspecified atom stereocenters. The van der Waals surface area contributed by atoms with Gasteiger partial charge in [0.25, 0.3) is 0 Å². The number of nitrogens with one attached hydrogen (secondary N) is 1. The molecule has 126 valence electrons. The second-order valence-electron chi connectivity index (χ2n) is 6.66. The van der Waals surface area contributed by atoms with Crippen molar-refractivity contribution in [1.82, 2.24) is 24.9 Å². The molecule has 1 fully saturated rings. The lowest BCUT2D eigenvalue weighted by atomic mass is 9.94. The molecule has 0 bridgehead atoms. The van der Waals surface area contributed by atoms with Gasteiger partial charge in [-0.25, -0.2) is 14.8 Å². The number of nitrogens with zero attached hydrogens (tertiary/aromatic N) is 4. The van der Waals surface area contributed by atoms with Crippen LogP contribution in [-0.4, -0.2) is 44.5 Å². The number of rotatable bonds is 2. The molecule has 6 nitrogen and oxygen atoms in total. The zero-order valence-electron chi connectivity index (χ0n) is 14.2. The van der Waals surface area contributed by atoms with E-state index in [9.17, 15) is 4.79 Å². The van der Waals surface area contributed by atoms with Gasteiger partial charge in [0.15, 0.2) is 0 Å². The third-order valence-electron chi connectivity index (χ3n) is 5.01. The Bertz CT molecular complexity index is 757. The van der Waals surface area contributed by atoms with Gasteiger partial charge >= 0.3 is 6.03 Å². The summed E-state index contributed by atoms with van der Waals surface area (Å²) in [6.45, 7) is 3.14. The molecule has 24 heavy (non-hydrogen) atoms. The van der Waals surface area contributed by atoms with Crippen molar-refractivity contribution in [2.45, 2.75) is 39.2 Å². The lowest BCUT2D eigenvalue weighted by molar-refractivity contribution is 0.0944. The van der Waals surface area contributed by atoms with Gasteiger partial charge in [-0.3, -0.25) is 5.01 Å². The Hall–Kier alpha value is -2.50. The molecule has 0 atom stereocenters. The van der Waals surface area contributed by atoms with Gasteiger partial charge < -0.3 is 9.88 Å². The predicted molar refractivity (Wildman–Crippen MR) is 91.4 cm³/mol. The average molecular weight is 325 g/mol. The monoisotopic (exact) mass is 325 g/mol. The summed E-state index contributed by atoms with van der Waals surface area (Å²) in [6, 6.07) is 0.00565. The molecule has 1 aromatic rings. The average Bonchev–Trinajstić information content (AvgIpc) is 3.07. The first-order valence-electron chi connectivity index (χ1n) is 8.54. The van der Waals surface area contributed by atoms with Crippen LogP contribution in [0.2, 0.25) is 0 Å². The van der Waals surface area contributed by atoms with Crippen molar-refractivity contribution in [2.24, 2.45) is 0 Å². The molecule has 1 aromatic heterocycles. The number of carbonyl (C=O) groups is 1. The highest BCUT2D eigenvalue weighted by Crippen LogP contribution is 2.39. The van der Waals surface area contributed by atoms with Crippen molar-refractivity contribution in [1.29, 1.82) is 0 Å². The second-order valence-corrected chi connectivity index (χ2v) is 6.66. The van der Waals surface area contributed by atoms with Crippen LogP contribution in [0, 0.1) is 6.92 Å². The summed E-state index contributed by atoms with van der Waals surface area (Å²) < 4.78 is 0. The topological polar surface area (TPSA) is 55.5 Å². The molecule has 3 heterocycles. The maximum Gasteiger partial charge on any atom is 0.339 e. The van der Waals surface area contributed by atoms with Gasteiger partial charge in [-0.05, 0) is 43.8 Å². The minimum absolute atomic E-state index is 0.00565. The first-order valence-corrected chi connectivity index (χ1v) is 8.54. The van der Waals surface area contributed by atoms with Crippen molar-refractivity contribution in [3.05, 3.63) is 52.9 Å². The minimum atomic E-state index is 0.00565. The summed E-state index contributed by atoms with van der Waals surface area (Å²) in [4.78, 5) is 22.1. The van der Waals surface area contributed by atoms with E-state index in [1.54, 1.807) is 11.2 Å². The Balaban J connectivity index is 1.58. The molecule has 0 saturated carbocycles. The normalized spacial score (nSPS) is 19.3. The molecule has 1 N–H and O–H groups in total. The van der Waals surface area contributed by atoms with Crippen LogP contribution in [0.1, 0.15) is 37.1 Å². The standard InChI is InChI=1S/C18H23N5O/c1-13-16(20-12-19-13)11-21(2)18(24)23-10-15-8-5-7-14-6-3-4-9-22(23)17(14)15/h4,8-9,12H,3,5-7,10-11H2,1-2H3,(H,19,20). The lowest BCUT2D eigenvalue weighted by Gasteiger charge is -2.31. The highest BCUT2D eigenvalue weighted by molar-refractivity contribution is 5.76. The lowest BCUT2D eigenvalue weighted by Crippen LogP contribution is -2.44. The Morgan fingerprint density at radius 1 is 1.38 bits per heavy atom. The number of H-pyrrole nitrogens is 1. The van der Waals surface area contributed by atoms with Gasteiger partial charge in [0.05, 0.1) is 30.8 Å². The molecule has 1 aliphatic carbocycles. The van der Waals surface area contributed by atoms with E-state index in [1.807, 2.05) is 19.0 Å². The maximum absolute atomic E-state index is 13.0. The number of amides is 2. The highest BCUT2D eigenvalue weighted by atomic mass is 16.2. The number of aryl methyl sites for hydroxylation is 1. The van der Waals surface area contributed by atoms with Crippen LogP contribution in [-0.2, 0) is 6.54 Å².